The van der Waals surface area contributed by atoms with Crippen molar-refractivity contribution >= 4 is 48.5 Å². The molecule has 0 spiro atoms. The van der Waals surface area contributed by atoms with Crippen molar-refractivity contribution in [2.45, 2.75) is 149 Å². The minimum Gasteiger partial charge on any atom is -0.394 e. The molecular weight excluding hydrogens is 917 g/mol. The summed E-state index contributed by atoms with van der Waals surface area (Å²) in [5.74, 6) is 5.37. The largest absolute Gasteiger partial charge is 0.394 e. The third-order valence-corrected chi connectivity index (χ3v) is 20.9. The highest BCUT2D eigenvalue weighted by atomic mass is 32.2. The molecule has 3 saturated heterocycles. The maximum absolute atomic E-state index is 10.3. The molecule has 0 unspecified atom stereocenters. The van der Waals surface area contributed by atoms with Gasteiger partial charge in [-0.3, -0.25) is 0 Å². The van der Waals surface area contributed by atoms with Crippen LogP contribution in [0, 0.1) is 0 Å². The number of aliphatic hydroxyl groups is 12. The minimum atomic E-state index is -2.00. The van der Waals surface area contributed by atoms with Crippen molar-refractivity contribution in [3.8, 4) is 0 Å². The zero-order valence-electron chi connectivity index (χ0n) is 36.4. The first-order chi connectivity index (χ1) is 30.9. The molecule has 372 valence electrons. The van der Waals surface area contributed by atoms with Gasteiger partial charge >= 0.3 is 0 Å². The fourth-order valence-corrected chi connectivity index (χ4v) is 16.6. The van der Waals surface area contributed by atoms with Gasteiger partial charge in [-0.15, -0.1) is 0 Å². The molecule has 3 heterocycles. The van der Waals surface area contributed by atoms with E-state index in [0.29, 0.717) is 19.3 Å². The van der Waals surface area contributed by atoms with E-state index in [1.165, 1.54) is 5.19 Å². The Morgan fingerprint density at radius 1 is 0.406 bits per heavy atom. The number of aliphatic hydroxyl groups excluding tert-OH is 12. The Kier molecular flexibility index (Phi) is 26.8. The topological polar surface area (TPSA) is 298 Å². The van der Waals surface area contributed by atoms with Crippen molar-refractivity contribution < 1.29 is 89.7 Å². The predicted molar refractivity (Wildman–Crippen MR) is 245 cm³/mol. The van der Waals surface area contributed by atoms with Gasteiger partial charge in [-0.25, -0.2) is 0 Å². The van der Waals surface area contributed by atoms with Crippen molar-refractivity contribution in [1.29, 1.82) is 0 Å². The summed E-state index contributed by atoms with van der Waals surface area (Å²) in [7, 11) is -2.00. The van der Waals surface area contributed by atoms with Crippen LogP contribution in [0.1, 0.15) is 38.5 Å². The third kappa shape index (κ3) is 17.0. The lowest BCUT2D eigenvalue weighted by molar-refractivity contribution is -0.300. The van der Waals surface area contributed by atoms with E-state index < -0.39 is 120 Å². The maximum Gasteiger partial charge on any atom is 0.186 e. The summed E-state index contributed by atoms with van der Waals surface area (Å²) in [6, 6.07) is 14.2. The lowest BCUT2D eigenvalue weighted by Gasteiger charge is -2.39. The summed E-state index contributed by atoms with van der Waals surface area (Å²) >= 11 is 5.51. The quantitative estimate of drug-likeness (QED) is 0.0293. The molecule has 0 aromatic heterocycles. The van der Waals surface area contributed by atoms with E-state index in [1.54, 1.807) is 0 Å². The minimum absolute atomic E-state index is 0.285. The summed E-state index contributed by atoms with van der Waals surface area (Å²) in [6.45, 7) is -0.670. The van der Waals surface area contributed by atoms with Crippen LogP contribution in [0.3, 0.4) is 0 Å². The number of hydrogen-bond acceptors (Lipinski definition) is 21. The van der Waals surface area contributed by atoms with Gasteiger partial charge in [-0.05, 0) is 73.0 Å². The molecule has 22 heteroatoms. The zero-order chi connectivity index (χ0) is 46.5. The third-order valence-electron chi connectivity index (χ3n) is 11.9. The molecule has 1 aromatic carbocycles. The number of rotatable bonds is 31. The second kappa shape index (κ2) is 30.4. The number of benzene rings is 1. The molecule has 0 amide bonds. The molecule has 0 saturated carbocycles. The summed E-state index contributed by atoms with van der Waals surface area (Å²) in [5.41, 5.74) is 0. The normalized spacial score (nSPS) is 33.7. The van der Waals surface area contributed by atoms with Gasteiger partial charge in [0, 0.05) is 0 Å². The Balaban J connectivity index is 1.23. The van der Waals surface area contributed by atoms with Gasteiger partial charge in [0.25, 0.3) is 0 Å². The fourth-order valence-electron chi connectivity index (χ4n) is 8.14. The molecule has 1 aromatic rings. The van der Waals surface area contributed by atoms with Crippen LogP contribution in [0.15, 0.2) is 30.3 Å². The van der Waals surface area contributed by atoms with Gasteiger partial charge in [0.15, 0.2) is 18.9 Å². The molecule has 0 aliphatic carbocycles. The number of hydrogen-bond donors (Lipinski definition) is 12. The Morgan fingerprint density at radius 3 is 1.00 bits per heavy atom. The standard InChI is InChI=1S/C42H74O18S3Si/c43-24-28-31(46)34(49)37(52)40(58-28)55-12-4-15-61-18-7-21-64(27-10-2-1-3-11-27,22-8-19-62-16-5-13-56-41-38(53)35(50)32(47)29(25-44)59-41)23-9-20-63-17-6-14-57-42-39(54)36(51)33(48)30(26-45)60-42/h1-3,10-11,28-54H,4-9,12-26H2/t28-,29-,30-,31-,32-,33-,34+,35+,36+,37+,38+,39+,40+,41+,42+/m1/s1. The Labute approximate surface area is 390 Å². The summed E-state index contributed by atoms with van der Waals surface area (Å²) < 4.78 is 33.3. The molecule has 15 atom stereocenters. The van der Waals surface area contributed by atoms with Gasteiger partial charge in [0.05, 0.1) is 47.7 Å². The van der Waals surface area contributed by atoms with Crippen LogP contribution in [0.2, 0.25) is 18.1 Å². The van der Waals surface area contributed by atoms with Crippen LogP contribution in [0.5, 0.6) is 0 Å². The van der Waals surface area contributed by atoms with E-state index >= 15 is 0 Å². The highest BCUT2D eigenvalue weighted by molar-refractivity contribution is 7.99. The van der Waals surface area contributed by atoms with E-state index in [0.717, 1.165) is 71.9 Å². The van der Waals surface area contributed by atoms with Gasteiger partial charge in [-0.2, -0.15) is 35.3 Å². The molecule has 4 rings (SSSR count). The smallest absolute Gasteiger partial charge is 0.186 e. The molecule has 12 N–H and O–H groups in total. The lowest BCUT2D eigenvalue weighted by atomic mass is 9.99. The maximum atomic E-state index is 10.3. The molecule has 0 radical (unpaired) electrons. The summed E-state index contributed by atoms with van der Waals surface area (Å²) in [4.78, 5) is 0. The van der Waals surface area contributed by atoms with Crippen molar-refractivity contribution in [2.75, 3.05) is 74.2 Å². The Bertz CT molecular complexity index is 1240. The second-order valence-electron chi connectivity index (χ2n) is 16.6. The molecule has 64 heavy (non-hydrogen) atoms. The monoisotopic (exact) mass is 990 g/mol. The van der Waals surface area contributed by atoms with Gasteiger partial charge in [-0.1, -0.05) is 53.7 Å². The van der Waals surface area contributed by atoms with Gasteiger partial charge in [0.1, 0.15) is 73.2 Å². The summed E-state index contributed by atoms with van der Waals surface area (Å²) in [5, 5.41) is 121. The van der Waals surface area contributed by atoms with Gasteiger partial charge < -0.3 is 89.7 Å². The Morgan fingerprint density at radius 2 is 0.703 bits per heavy atom. The van der Waals surface area contributed by atoms with Crippen molar-refractivity contribution in [1.82, 2.24) is 0 Å². The number of ether oxygens (including phenoxy) is 6. The van der Waals surface area contributed by atoms with E-state index in [9.17, 15) is 61.3 Å². The van der Waals surface area contributed by atoms with E-state index in [1.807, 2.05) is 35.3 Å². The van der Waals surface area contributed by atoms with Crippen LogP contribution < -0.4 is 5.19 Å². The average Bonchev–Trinajstić information content (AvgIpc) is 3.31. The van der Waals surface area contributed by atoms with Crippen LogP contribution in [0.4, 0.5) is 0 Å². The number of thioether (sulfide) groups is 3. The fraction of sp³-hybridized carbons (Fsp3) is 0.857. The highest BCUT2D eigenvalue weighted by Gasteiger charge is 2.46. The first kappa shape index (κ1) is 56.4. The van der Waals surface area contributed by atoms with Crippen LogP contribution >= 0.6 is 35.3 Å². The lowest BCUT2D eigenvalue weighted by Crippen LogP contribution is -2.59. The molecule has 0 bridgehead atoms. The second-order valence-corrected chi connectivity index (χ2v) is 24.9. The Hall–Kier alpha value is -0.233. The molecule has 18 nitrogen and oxygen atoms in total. The van der Waals surface area contributed by atoms with Gasteiger partial charge in [0.2, 0.25) is 0 Å². The average molecular weight is 991 g/mol. The molecule has 3 aliphatic heterocycles. The first-order valence-corrected chi connectivity index (χ1v) is 28.5. The SMILES string of the molecule is OC[C@H]1O[C@H](OCCCSCCC[Si](CCCSCCCO[C@H]2O[C@H](CO)[C@@H](O)[C@H](O)[C@@H]2O)(CCCSCCCO[C@H]2O[C@H](CO)[C@@H](O)[C@H](O)[C@@H]2O)c2ccccc2)[C@@H](O)[C@@H](O)[C@@H]1O. The van der Waals surface area contributed by atoms with Crippen LogP contribution in [-0.2, 0) is 28.4 Å². The van der Waals surface area contributed by atoms with Crippen LogP contribution in [-0.4, -0.2) is 236 Å². The van der Waals surface area contributed by atoms with Crippen LogP contribution in [0.25, 0.3) is 0 Å². The van der Waals surface area contributed by atoms with E-state index in [-0.39, 0.29) is 19.8 Å². The summed E-state index contributed by atoms with van der Waals surface area (Å²) in [6.07, 6.45) is -14.2. The highest BCUT2D eigenvalue weighted by Crippen LogP contribution is 2.30. The molecular formula is C42H74O18S3Si. The van der Waals surface area contributed by atoms with Crippen molar-refractivity contribution in [2.24, 2.45) is 0 Å². The van der Waals surface area contributed by atoms with E-state index in [2.05, 4.69) is 30.3 Å². The van der Waals surface area contributed by atoms with Crippen molar-refractivity contribution in [3.05, 3.63) is 30.3 Å². The zero-order valence-corrected chi connectivity index (χ0v) is 39.9. The molecule has 3 fully saturated rings. The molecule has 3 aliphatic rings. The predicted octanol–water partition coefficient (Wildman–Crippen LogP) is -1.67. The first-order valence-electron chi connectivity index (χ1n) is 22.4. The van der Waals surface area contributed by atoms with E-state index in [4.69, 9.17) is 28.4 Å². The van der Waals surface area contributed by atoms with Crippen molar-refractivity contribution in [3.63, 3.8) is 0 Å².